The van der Waals surface area contributed by atoms with Crippen LogP contribution in [0.3, 0.4) is 0 Å². The molecule has 0 N–H and O–H groups in total. The summed E-state index contributed by atoms with van der Waals surface area (Å²) in [6.45, 7) is 1.27. The van der Waals surface area contributed by atoms with E-state index in [9.17, 15) is 4.79 Å². The van der Waals surface area contributed by atoms with Crippen molar-refractivity contribution in [2.45, 2.75) is 13.0 Å². The van der Waals surface area contributed by atoms with Gasteiger partial charge in [-0.3, -0.25) is 9.48 Å². The molecular weight excluding hydrogens is 306 g/mol. The average molecular weight is 327 g/mol. The Hall–Kier alpha value is -2.76. The van der Waals surface area contributed by atoms with Gasteiger partial charge in [-0.1, -0.05) is 0 Å². The van der Waals surface area contributed by atoms with E-state index >= 15 is 0 Å². The van der Waals surface area contributed by atoms with E-state index in [1.165, 1.54) is 5.56 Å². The second kappa shape index (κ2) is 6.78. The maximum Gasteiger partial charge on any atom is 0.246 e. The Balaban J connectivity index is 1.74. The van der Waals surface area contributed by atoms with Crippen LogP contribution in [0, 0.1) is 0 Å². The summed E-state index contributed by atoms with van der Waals surface area (Å²) in [5, 5.41) is 4.09. The van der Waals surface area contributed by atoms with E-state index in [2.05, 4.69) is 5.10 Å². The Morgan fingerprint density at radius 1 is 1.21 bits per heavy atom. The van der Waals surface area contributed by atoms with Gasteiger partial charge in [-0.15, -0.1) is 0 Å². The fraction of sp³-hybridized carbons (Fsp3) is 0.333. The smallest absolute Gasteiger partial charge is 0.246 e. The van der Waals surface area contributed by atoms with Crippen LogP contribution in [0.15, 0.2) is 30.6 Å². The van der Waals surface area contributed by atoms with E-state index < -0.39 is 0 Å². The van der Waals surface area contributed by atoms with Crippen molar-refractivity contribution in [2.75, 3.05) is 20.8 Å². The van der Waals surface area contributed by atoms with E-state index in [0.29, 0.717) is 18.8 Å². The zero-order valence-electron chi connectivity index (χ0n) is 14.2. The summed E-state index contributed by atoms with van der Waals surface area (Å²) in [4.78, 5) is 14.3. The molecule has 0 bridgehead atoms. The molecule has 0 fully saturated rings. The molecule has 0 aliphatic carbocycles. The van der Waals surface area contributed by atoms with Gasteiger partial charge in [0.25, 0.3) is 0 Å². The summed E-state index contributed by atoms with van der Waals surface area (Å²) in [5.41, 5.74) is 3.21. The average Bonchev–Trinajstić information content (AvgIpc) is 3.03. The van der Waals surface area contributed by atoms with Crippen LogP contribution in [0.1, 0.15) is 16.7 Å². The van der Waals surface area contributed by atoms with Gasteiger partial charge in [-0.05, 0) is 35.8 Å². The van der Waals surface area contributed by atoms with Gasteiger partial charge in [0.2, 0.25) is 5.91 Å². The Labute approximate surface area is 141 Å². The minimum absolute atomic E-state index is 0.000659. The van der Waals surface area contributed by atoms with Crippen molar-refractivity contribution in [2.24, 2.45) is 7.05 Å². The van der Waals surface area contributed by atoms with E-state index in [1.54, 1.807) is 37.3 Å². The van der Waals surface area contributed by atoms with Crippen molar-refractivity contribution in [1.29, 1.82) is 0 Å². The van der Waals surface area contributed by atoms with E-state index in [0.717, 1.165) is 23.3 Å². The van der Waals surface area contributed by atoms with Gasteiger partial charge in [0.15, 0.2) is 11.5 Å². The van der Waals surface area contributed by atoms with Gasteiger partial charge < -0.3 is 14.4 Å². The van der Waals surface area contributed by atoms with Crippen molar-refractivity contribution < 1.29 is 14.3 Å². The Morgan fingerprint density at radius 3 is 2.54 bits per heavy atom. The highest BCUT2D eigenvalue weighted by atomic mass is 16.5. The van der Waals surface area contributed by atoms with Gasteiger partial charge in [0.1, 0.15) is 0 Å². The first kappa shape index (κ1) is 16.1. The molecule has 6 nitrogen and oxygen atoms in total. The molecule has 0 saturated carbocycles. The molecule has 0 spiro atoms. The Morgan fingerprint density at radius 2 is 1.92 bits per heavy atom. The highest BCUT2D eigenvalue weighted by molar-refractivity contribution is 5.91. The second-order valence-corrected chi connectivity index (χ2v) is 5.77. The maximum atomic E-state index is 12.4. The summed E-state index contributed by atoms with van der Waals surface area (Å²) < 4.78 is 12.4. The van der Waals surface area contributed by atoms with Crippen molar-refractivity contribution in [3.63, 3.8) is 0 Å². The van der Waals surface area contributed by atoms with E-state index in [1.807, 2.05) is 30.3 Å². The van der Waals surface area contributed by atoms with Crippen molar-refractivity contribution in [3.8, 4) is 11.5 Å². The first-order valence-corrected chi connectivity index (χ1v) is 7.80. The van der Waals surface area contributed by atoms with Crippen molar-refractivity contribution in [1.82, 2.24) is 14.7 Å². The molecular formula is C18H21N3O3. The third kappa shape index (κ3) is 3.27. The lowest BCUT2D eigenvalue weighted by Crippen LogP contribution is -2.34. The molecule has 1 aromatic heterocycles. The fourth-order valence-electron chi connectivity index (χ4n) is 2.87. The van der Waals surface area contributed by atoms with Gasteiger partial charge in [0, 0.05) is 38.0 Å². The van der Waals surface area contributed by atoms with Crippen molar-refractivity contribution in [3.05, 3.63) is 47.3 Å². The number of hydrogen-bond acceptors (Lipinski definition) is 4. The van der Waals surface area contributed by atoms with Crippen LogP contribution in [-0.2, 0) is 24.8 Å². The van der Waals surface area contributed by atoms with Gasteiger partial charge in [0.05, 0.1) is 20.4 Å². The number of methoxy groups -OCH3 is 2. The SMILES string of the molecule is COc1cc2c(cc1OC)CN(C(=O)C=Cc1cnn(C)c1)CC2. The number of benzene rings is 1. The number of aryl methyl sites for hydroxylation is 1. The maximum absolute atomic E-state index is 12.4. The lowest BCUT2D eigenvalue weighted by Gasteiger charge is -2.28. The molecule has 1 amide bonds. The number of hydrogen-bond donors (Lipinski definition) is 0. The minimum Gasteiger partial charge on any atom is -0.493 e. The zero-order chi connectivity index (χ0) is 17.1. The van der Waals surface area contributed by atoms with E-state index in [-0.39, 0.29) is 5.91 Å². The third-order valence-corrected chi connectivity index (χ3v) is 4.17. The Kier molecular flexibility index (Phi) is 4.55. The number of ether oxygens (including phenoxy) is 2. The van der Waals surface area contributed by atoms with E-state index in [4.69, 9.17) is 9.47 Å². The molecule has 6 heteroatoms. The number of nitrogens with zero attached hydrogens (tertiary/aromatic N) is 3. The first-order valence-electron chi connectivity index (χ1n) is 7.80. The molecule has 3 rings (SSSR count). The molecule has 2 aromatic rings. The topological polar surface area (TPSA) is 56.6 Å². The number of carbonyl (C=O) groups excluding carboxylic acids is 1. The number of aromatic nitrogens is 2. The summed E-state index contributed by atoms with van der Waals surface area (Å²) in [6.07, 6.45) is 7.79. The summed E-state index contributed by atoms with van der Waals surface area (Å²) >= 11 is 0. The number of carbonyl (C=O) groups is 1. The van der Waals surface area contributed by atoms with Crippen LogP contribution in [0.2, 0.25) is 0 Å². The predicted molar refractivity (Wildman–Crippen MR) is 90.9 cm³/mol. The highest BCUT2D eigenvalue weighted by Crippen LogP contribution is 2.33. The lowest BCUT2D eigenvalue weighted by molar-refractivity contribution is -0.126. The molecule has 0 radical (unpaired) electrons. The third-order valence-electron chi connectivity index (χ3n) is 4.17. The van der Waals surface area contributed by atoms with Crippen LogP contribution in [0.5, 0.6) is 11.5 Å². The molecule has 0 saturated heterocycles. The molecule has 1 aliphatic rings. The normalized spacial score (nSPS) is 13.9. The van der Waals surface area contributed by atoms with Crippen LogP contribution in [0.4, 0.5) is 0 Å². The van der Waals surface area contributed by atoms with Gasteiger partial charge in [-0.25, -0.2) is 0 Å². The minimum atomic E-state index is -0.000659. The van der Waals surface area contributed by atoms with Gasteiger partial charge in [-0.2, -0.15) is 5.10 Å². The largest absolute Gasteiger partial charge is 0.493 e. The van der Waals surface area contributed by atoms with Crippen LogP contribution < -0.4 is 9.47 Å². The number of amides is 1. The molecule has 0 unspecified atom stereocenters. The number of fused-ring (bicyclic) bond motifs is 1. The zero-order valence-corrected chi connectivity index (χ0v) is 14.2. The monoisotopic (exact) mass is 327 g/mol. The molecule has 1 aromatic carbocycles. The van der Waals surface area contributed by atoms with Crippen LogP contribution in [-0.4, -0.2) is 41.4 Å². The van der Waals surface area contributed by atoms with Crippen molar-refractivity contribution >= 4 is 12.0 Å². The molecule has 0 atom stereocenters. The van der Waals surface area contributed by atoms with Gasteiger partial charge >= 0.3 is 0 Å². The standard InChI is InChI=1S/C18H21N3O3/c1-20-11-13(10-19-20)4-5-18(22)21-7-6-14-8-16(23-2)17(24-3)9-15(14)12-21/h4-5,8-11H,6-7,12H2,1-3H3. The molecule has 126 valence electrons. The second-order valence-electron chi connectivity index (χ2n) is 5.77. The summed E-state index contributed by atoms with van der Waals surface area (Å²) in [7, 11) is 5.10. The fourth-order valence-corrected chi connectivity index (χ4v) is 2.87. The Bertz CT molecular complexity index is 780. The van der Waals surface area contributed by atoms with Crippen LogP contribution >= 0.6 is 0 Å². The number of rotatable bonds is 4. The quantitative estimate of drug-likeness (QED) is 0.807. The molecule has 1 aliphatic heterocycles. The van der Waals surface area contributed by atoms with Crippen LogP contribution in [0.25, 0.3) is 6.08 Å². The highest BCUT2D eigenvalue weighted by Gasteiger charge is 2.21. The first-order chi connectivity index (χ1) is 11.6. The summed E-state index contributed by atoms with van der Waals surface area (Å²) in [6, 6.07) is 3.96. The molecule has 2 heterocycles. The lowest BCUT2D eigenvalue weighted by atomic mass is 9.98. The predicted octanol–water partition coefficient (Wildman–Crippen LogP) is 2.04. The molecule has 24 heavy (non-hydrogen) atoms. The summed E-state index contributed by atoms with van der Waals surface area (Å²) in [5.74, 6) is 1.42.